The fourth-order valence-electron chi connectivity index (χ4n) is 1.93. The highest BCUT2D eigenvalue weighted by molar-refractivity contribution is 5.77. The van der Waals surface area contributed by atoms with Gasteiger partial charge in [0, 0.05) is 12.1 Å². The first-order valence-electron chi connectivity index (χ1n) is 6.80. The van der Waals surface area contributed by atoms with Gasteiger partial charge in [-0.2, -0.15) is 0 Å². The van der Waals surface area contributed by atoms with E-state index in [1.165, 1.54) is 0 Å². The normalized spacial score (nSPS) is 10.1. The summed E-state index contributed by atoms with van der Waals surface area (Å²) in [4.78, 5) is 11.7. The van der Waals surface area contributed by atoms with Crippen LogP contribution in [0.1, 0.15) is 11.1 Å². The molecule has 0 radical (unpaired) electrons. The van der Waals surface area contributed by atoms with Crippen molar-refractivity contribution in [2.45, 2.75) is 13.2 Å². The van der Waals surface area contributed by atoms with E-state index in [0.29, 0.717) is 13.2 Å². The second-order valence-electron chi connectivity index (χ2n) is 4.57. The highest BCUT2D eigenvalue weighted by atomic mass is 16.5. The third-order valence-corrected chi connectivity index (χ3v) is 3.01. The number of para-hydroxylation sites is 1. The molecule has 4 nitrogen and oxygen atoms in total. The number of methoxy groups -OCH3 is 1. The number of amides is 1. The third-order valence-electron chi connectivity index (χ3n) is 3.01. The van der Waals surface area contributed by atoms with E-state index in [2.05, 4.69) is 5.32 Å². The number of hydrogen-bond donors (Lipinski definition) is 1. The fourth-order valence-corrected chi connectivity index (χ4v) is 1.93. The Morgan fingerprint density at radius 3 is 2.52 bits per heavy atom. The lowest BCUT2D eigenvalue weighted by Gasteiger charge is -2.09. The van der Waals surface area contributed by atoms with Crippen LogP contribution < -0.4 is 10.1 Å². The average Bonchev–Trinajstić information content (AvgIpc) is 2.54. The van der Waals surface area contributed by atoms with Crippen LogP contribution in [0.3, 0.4) is 0 Å². The quantitative estimate of drug-likeness (QED) is 0.850. The maximum absolute atomic E-state index is 11.7. The van der Waals surface area contributed by atoms with Crippen LogP contribution >= 0.6 is 0 Å². The molecular weight excluding hydrogens is 266 g/mol. The third kappa shape index (κ3) is 4.93. The zero-order valence-electron chi connectivity index (χ0n) is 12.0. The fraction of sp³-hybridized carbons (Fsp3) is 0.235. The minimum atomic E-state index is -0.142. The summed E-state index contributed by atoms with van der Waals surface area (Å²) in [6.45, 7) is 0.907. The predicted molar refractivity (Wildman–Crippen MR) is 80.9 cm³/mol. The Kier molecular flexibility index (Phi) is 5.79. The number of carbonyl (C=O) groups excluding carboxylic acids is 1. The number of carbonyl (C=O) groups is 1. The van der Waals surface area contributed by atoms with Gasteiger partial charge in [0.25, 0.3) is 0 Å². The van der Waals surface area contributed by atoms with Gasteiger partial charge in [-0.15, -0.1) is 0 Å². The first-order valence-corrected chi connectivity index (χ1v) is 6.80. The van der Waals surface area contributed by atoms with Gasteiger partial charge >= 0.3 is 0 Å². The maximum atomic E-state index is 11.7. The molecule has 4 heteroatoms. The summed E-state index contributed by atoms with van der Waals surface area (Å²) in [6, 6.07) is 17.4. The van der Waals surface area contributed by atoms with Gasteiger partial charge in [-0.3, -0.25) is 4.79 Å². The molecule has 2 aromatic rings. The van der Waals surface area contributed by atoms with Crippen molar-refractivity contribution >= 4 is 5.91 Å². The summed E-state index contributed by atoms with van der Waals surface area (Å²) >= 11 is 0. The lowest BCUT2D eigenvalue weighted by atomic mass is 10.2. The van der Waals surface area contributed by atoms with Crippen LogP contribution in [0.5, 0.6) is 5.75 Å². The molecule has 0 saturated heterocycles. The van der Waals surface area contributed by atoms with Crippen molar-refractivity contribution in [2.75, 3.05) is 13.7 Å². The Morgan fingerprint density at radius 2 is 1.76 bits per heavy atom. The molecule has 0 aliphatic rings. The molecule has 0 aromatic heterocycles. The van der Waals surface area contributed by atoms with Gasteiger partial charge in [-0.25, -0.2) is 0 Å². The van der Waals surface area contributed by atoms with Crippen LogP contribution in [0, 0.1) is 0 Å². The zero-order chi connectivity index (χ0) is 14.9. The number of nitrogens with one attached hydrogen (secondary N) is 1. The molecule has 0 spiro atoms. The second-order valence-corrected chi connectivity index (χ2v) is 4.57. The van der Waals surface area contributed by atoms with Crippen LogP contribution in [-0.2, 0) is 22.7 Å². The first-order chi connectivity index (χ1) is 10.3. The van der Waals surface area contributed by atoms with E-state index >= 15 is 0 Å². The molecule has 0 bridgehead atoms. The van der Waals surface area contributed by atoms with E-state index in [4.69, 9.17) is 9.47 Å². The molecule has 2 aromatic carbocycles. The van der Waals surface area contributed by atoms with Crippen molar-refractivity contribution in [2.24, 2.45) is 0 Å². The lowest BCUT2D eigenvalue weighted by Crippen LogP contribution is -2.27. The number of hydrogen-bond acceptors (Lipinski definition) is 3. The Balaban J connectivity index is 1.72. The summed E-state index contributed by atoms with van der Waals surface area (Å²) in [5, 5.41) is 2.82. The summed E-state index contributed by atoms with van der Waals surface area (Å²) in [5.74, 6) is 0.625. The van der Waals surface area contributed by atoms with E-state index in [1.807, 2.05) is 54.6 Å². The molecule has 0 heterocycles. The van der Waals surface area contributed by atoms with Gasteiger partial charge in [0.05, 0.1) is 13.7 Å². The molecule has 0 unspecified atom stereocenters. The summed E-state index contributed by atoms with van der Waals surface area (Å²) in [5.41, 5.74) is 1.99. The lowest BCUT2D eigenvalue weighted by molar-refractivity contribution is -0.126. The van der Waals surface area contributed by atoms with E-state index in [-0.39, 0.29) is 12.5 Å². The Morgan fingerprint density at radius 1 is 1.05 bits per heavy atom. The van der Waals surface area contributed by atoms with E-state index < -0.39 is 0 Å². The topological polar surface area (TPSA) is 47.6 Å². The molecule has 0 fully saturated rings. The van der Waals surface area contributed by atoms with Crippen molar-refractivity contribution in [3.05, 3.63) is 65.7 Å². The monoisotopic (exact) mass is 285 g/mol. The second kappa shape index (κ2) is 8.07. The van der Waals surface area contributed by atoms with Crippen LogP contribution in [0.2, 0.25) is 0 Å². The predicted octanol–water partition coefficient (Wildman–Crippen LogP) is 2.53. The van der Waals surface area contributed by atoms with Crippen molar-refractivity contribution in [1.82, 2.24) is 5.32 Å². The van der Waals surface area contributed by atoms with Crippen LogP contribution in [0.25, 0.3) is 0 Å². The maximum Gasteiger partial charge on any atom is 0.246 e. The molecule has 2 rings (SSSR count). The highest BCUT2D eigenvalue weighted by Crippen LogP contribution is 2.16. The van der Waals surface area contributed by atoms with E-state index in [9.17, 15) is 4.79 Å². The summed E-state index contributed by atoms with van der Waals surface area (Å²) < 4.78 is 10.6. The number of ether oxygens (including phenoxy) is 2. The zero-order valence-corrected chi connectivity index (χ0v) is 12.0. The molecule has 0 saturated carbocycles. The first kappa shape index (κ1) is 15.1. The van der Waals surface area contributed by atoms with Crippen molar-refractivity contribution in [3.8, 4) is 5.75 Å². The molecule has 1 N–H and O–H groups in total. The minimum Gasteiger partial charge on any atom is -0.496 e. The molecular formula is C17H19NO3. The molecule has 110 valence electrons. The SMILES string of the molecule is COc1ccccc1CNC(=O)COCc1ccccc1. The van der Waals surface area contributed by atoms with E-state index in [0.717, 1.165) is 16.9 Å². The smallest absolute Gasteiger partial charge is 0.246 e. The van der Waals surface area contributed by atoms with Gasteiger partial charge in [0.15, 0.2) is 0 Å². The Hall–Kier alpha value is -2.33. The van der Waals surface area contributed by atoms with Gasteiger partial charge in [-0.05, 0) is 11.6 Å². The van der Waals surface area contributed by atoms with Crippen molar-refractivity contribution in [1.29, 1.82) is 0 Å². The van der Waals surface area contributed by atoms with E-state index in [1.54, 1.807) is 7.11 Å². The highest BCUT2D eigenvalue weighted by Gasteiger charge is 2.05. The number of benzene rings is 2. The van der Waals surface area contributed by atoms with Gasteiger partial charge < -0.3 is 14.8 Å². The standard InChI is InChI=1S/C17H19NO3/c1-20-16-10-6-5-9-15(16)11-18-17(19)13-21-12-14-7-3-2-4-8-14/h2-10H,11-13H2,1H3,(H,18,19). The molecule has 0 aliphatic heterocycles. The summed E-state index contributed by atoms with van der Waals surface area (Å²) in [7, 11) is 1.61. The Labute approximate surface area is 124 Å². The molecule has 0 aliphatic carbocycles. The largest absolute Gasteiger partial charge is 0.496 e. The average molecular weight is 285 g/mol. The van der Waals surface area contributed by atoms with Gasteiger partial charge in [0.1, 0.15) is 12.4 Å². The number of rotatable bonds is 7. The van der Waals surface area contributed by atoms with Crippen LogP contribution in [0.15, 0.2) is 54.6 Å². The van der Waals surface area contributed by atoms with Crippen LogP contribution in [-0.4, -0.2) is 19.6 Å². The molecule has 21 heavy (non-hydrogen) atoms. The van der Waals surface area contributed by atoms with Gasteiger partial charge in [-0.1, -0.05) is 48.5 Å². The molecule has 1 amide bonds. The van der Waals surface area contributed by atoms with Crippen molar-refractivity contribution < 1.29 is 14.3 Å². The molecule has 0 atom stereocenters. The van der Waals surface area contributed by atoms with Crippen molar-refractivity contribution in [3.63, 3.8) is 0 Å². The van der Waals surface area contributed by atoms with Crippen LogP contribution in [0.4, 0.5) is 0 Å². The Bertz CT molecular complexity index is 569. The van der Waals surface area contributed by atoms with Gasteiger partial charge in [0.2, 0.25) is 5.91 Å². The minimum absolute atomic E-state index is 0.0457. The summed E-state index contributed by atoms with van der Waals surface area (Å²) in [6.07, 6.45) is 0.